The highest BCUT2D eigenvalue weighted by atomic mass is 16.6. The van der Waals surface area contributed by atoms with Gasteiger partial charge in [-0.1, -0.05) is 6.07 Å². The Kier molecular flexibility index (Phi) is 6.25. The van der Waals surface area contributed by atoms with Crippen LogP contribution in [0.15, 0.2) is 24.3 Å². The number of aromatic amines is 1. The number of H-pyrrole nitrogens is 1. The molecule has 0 aliphatic carbocycles. The number of nitrogens with zero attached hydrogens (tertiary/aromatic N) is 2. The number of rotatable bonds is 2. The van der Waals surface area contributed by atoms with Crippen LogP contribution in [-0.4, -0.2) is 32.6 Å². The number of ether oxygens (including phenoxy) is 1. The number of nitrogens with two attached hydrogens (primary N) is 1. The van der Waals surface area contributed by atoms with Crippen molar-refractivity contribution in [2.45, 2.75) is 66.2 Å². The first-order valence-electron chi connectivity index (χ1n) is 9.49. The summed E-state index contributed by atoms with van der Waals surface area (Å²) in [5.74, 6) is 0.861. The molecule has 2 heterocycles. The van der Waals surface area contributed by atoms with Gasteiger partial charge in [-0.15, -0.1) is 0 Å². The third-order valence-electron chi connectivity index (χ3n) is 4.23. The Morgan fingerprint density at radius 2 is 1.90 bits per heavy atom. The summed E-state index contributed by atoms with van der Waals surface area (Å²) >= 11 is 0. The molecule has 0 saturated heterocycles. The van der Waals surface area contributed by atoms with Crippen molar-refractivity contribution in [3.05, 3.63) is 35.5 Å². The van der Waals surface area contributed by atoms with Crippen LogP contribution < -0.4 is 11.1 Å². The van der Waals surface area contributed by atoms with E-state index in [4.69, 9.17) is 10.5 Å². The fraction of sp³-hybridized carbons (Fsp3) is 0.476. The van der Waals surface area contributed by atoms with E-state index in [1.165, 1.54) is 13.8 Å². The van der Waals surface area contributed by atoms with Crippen LogP contribution in [-0.2, 0) is 21.6 Å². The lowest BCUT2D eigenvalue weighted by molar-refractivity contribution is -0.115. The van der Waals surface area contributed by atoms with Gasteiger partial charge in [-0.2, -0.15) is 5.10 Å². The van der Waals surface area contributed by atoms with Crippen molar-refractivity contribution in [1.82, 2.24) is 15.1 Å². The maximum absolute atomic E-state index is 12.6. The second-order valence-electron chi connectivity index (χ2n) is 8.71. The Morgan fingerprint density at radius 3 is 2.45 bits per heavy atom. The van der Waals surface area contributed by atoms with E-state index in [0.717, 1.165) is 16.9 Å². The van der Waals surface area contributed by atoms with Gasteiger partial charge in [-0.3, -0.25) is 10.00 Å². The van der Waals surface area contributed by atoms with Gasteiger partial charge in [0.05, 0.1) is 17.8 Å². The summed E-state index contributed by atoms with van der Waals surface area (Å²) in [5, 5.41) is 10.7. The number of amides is 1. The molecule has 0 fully saturated rings. The molecule has 1 aliphatic rings. The number of nitrogens with one attached hydrogen (secondary N) is 2. The molecule has 0 unspecified atom stereocenters. The number of carbonyl (C=O) groups is 2. The van der Waals surface area contributed by atoms with Gasteiger partial charge in [0.1, 0.15) is 11.4 Å². The first kappa shape index (κ1) is 22.3. The zero-order valence-corrected chi connectivity index (χ0v) is 18.2. The lowest BCUT2D eigenvalue weighted by Crippen LogP contribution is -2.43. The molecule has 3 rings (SSSR count). The maximum Gasteiger partial charge on any atom is 0.411 e. The van der Waals surface area contributed by atoms with Crippen LogP contribution >= 0.6 is 0 Å². The Balaban J connectivity index is 0.000000687. The van der Waals surface area contributed by atoms with Crippen LogP contribution in [0.1, 0.15) is 59.7 Å². The van der Waals surface area contributed by atoms with Gasteiger partial charge >= 0.3 is 6.09 Å². The standard InChI is InChI=1S/C18H25N5O2.C3H6O/c1-17(2,3)25-16(24)23-10-13-14(18(23,4)5)21-22-15(13)20-12-8-6-7-11(19)9-12;1-3(2)4/h6-9H,10,19H2,1-5H3,(H2,20,21,22);1-2H3. The second kappa shape index (κ2) is 8.14. The first-order chi connectivity index (χ1) is 13.3. The monoisotopic (exact) mass is 401 g/mol. The lowest BCUT2D eigenvalue weighted by Gasteiger charge is -2.33. The van der Waals surface area contributed by atoms with Crippen molar-refractivity contribution >= 4 is 29.1 Å². The van der Waals surface area contributed by atoms with E-state index >= 15 is 0 Å². The molecule has 158 valence electrons. The van der Waals surface area contributed by atoms with E-state index in [0.29, 0.717) is 18.1 Å². The zero-order valence-electron chi connectivity index (χ0n) is 18.2. The second-order valence-corrected chi connectivity index (χ2v) is 8.71. The number of Topliss-reactive ketones (excluding diaryl/α,β-unsaturated/α-hetero) is 1. The fourth-order valence-electron chi connectivity index (χ4n) is 2.98. The third kappa shape index (κ3) is 5.49. The molecular formula is C21H31N5O3. The summed E-state index contributed by atoms with van der Waals surface area (Å²) in [4.78, 5) is 23.7. The number of nitrogen functional groups attached to an aromatic ring is 1. The molecule has 1 aromatic heterocycles. The van der Waals surface area contributed by atoms with E-state index in [1.54, 1.807) is 4.90 Å². The molecule has 1 aliphatic heterocycles. The van der Waals surface area contributed by atoms with Crippen LogP contribution in [0.5, 0.6) is 0 Å². The highest BCUT2D eigenvalue weighted by Crippen LogP contribution is 2.41. The van der Waals surface area contributed by atoms with Gasteiger partial charge in [0.15, 0.2) is 5.82 Å². The van der Waals surface area contributed by atoms with Gasteiger partial charge in [0.25, 0.3) is 0 Å². The molecule has 29 heavy (non-hydrogen) atoms. The number of fused-ring (bicyclic) bond motifs is 1. The van der Waals surface area contributed by atoms with Crippen LogP contribution in [0.4, 0.5) is 22.0 Å². The van der Waals surface area contributed by atoms with Crippen LogP contribution in [0.25, 0.3) is 0 Å². The number of anilines is 3. The number of aromatic nitrogens is 2. The van der Waals surface area contributed by atoms with Crippen LogP contribution in [0, 0.1) is 0 Å². The Morgan fingerprint density at radius 1 is 1.28 bits per heavy atom. The first-order valence-corrected chi connectivity index (χ1v) is 9.49. The van der Waals surface area contributed by atoms with E-state index in [9.17, 15) is 9.59 Å². The van der Waals surface area contributed by atoms with Gasteiger partial charge in [-0.25, -0.2) is 4.79 Å². The molecule has 0 spiro atoms. The lowest BCUT2D eigenvalue weighted by atomic mass is 10.0. The average Bonchev–Trinajstić information content (AvgIpc) is 3.04. The highest BCUT2D eigenvalue weighted by Gasteiger charge is 2.45. The predicted octanol–water partition coefficient (Wildman–Crippen LogP) is 4.32. The van der Waals surface area contributed by atoms with Crippen molar-refractivity contribution in [1.29, 1.82) is 0 Å². The minimum atomic E-state index is -0.537. The van der Waals surface area contributed by atoms with E-state index in [-0.39, 0.29) is 11.9 Å². The van der Waals surface area contributed by atoms with Crippen molar-refractivity contribution in [2.24, 2.45) is 0 Å². The number of ketones is 1. The summed E-state index contributed by atoms with van der Waals surface area (Å²) < 4.78 is 5.55. The molecular weight excluding hydrogens is 370 g/mol. The smallest absolute Gasteiger partial charge is 0.411 e. The molecule has 8 heteroatoms. The molecule has 0 radical (unpaired) electrons. The van der Waals surface area contributed by atoms with Crippen molar-refractivity contribution in [3.63, 3.8) is 0 Å². The number of benzene rings is 1. The minimum absolute atomic E-state index is 0.167. The molecule has 0 atom stereocenters. The summed E-state index contributed by atoms with van der Waals surface area (Å²) in [6.45, 7) is 13.0. The number of hydrogen-bond donors (Lipinski definition) is 3. The Hall–Kier alpha value is -3.03. The highest BCUT2D eigenvalue weighted by molar-refractivity contribution is 5.73. The normalized spacial score (nSPS) is 14.5. The number of hydrogen-bond acceptors (Lipinski definition) is 6. The Labute approximate surface area is 171 Å². The third-order valence-corrected chi connectivity index (χ3v) is 4.23. The molecule has 2 aromatic rings. The van der Waals surface area contributed by atoms with Crippen LogP contribution in [0.2, 0.25) is 0 Å². The molecule has 0 saturated carbocycles. The maximum atomic E-state index is 12.6. The van der Waals surface area contributed by atoms with E-state index in [2.05, 4.69) is 15.5 Å². The zero-order chi connectivity index (χ0) is 22.0. The van der Waals surface area contributed by atoms with Crippen molar-refractivity contribution < 1.29 is 14.3 Å². The van der Waals surface area contributed by atoms with Gasteiger partial charge < -0.3 is 20.6 Å². The van der Waals surface area contributed by atoms with Gasteiger partial charge in [0.2, 0.25) is 0 Å². The molecule has 8 nitrogen and oxygen atoms in total. The van der Waals surface area contributed by atoms with E-state index < -0.39 is 11.1 Å². The minimum Gasteiger partial charge on any atom is -0.444 e. The van der Waals surface area contributed by atoms with Gasteiger partial charge in [0, 0.05) is 16.9 Å². The average molecular weight is 402 g/mol. The summed E-state index contributed by atoms with van der Waals surface area (Å²) in [6, 6.07) is 7.46. The summed E-state index contributed by atoms with van der Waals surface area (Å²) in [5.41, 5.74) is 8.15. The van der Waals surface area contributed by atoms with Crippen molar-refractivity contribution in [3.8, 4) is 0 Å². The number of carbonyl (C=O) groups excluding carboxylic acids is 2. The molecule has 1 amide bonds. The van der Waals surface area contributed by atoms with Crippen LogP contribution in [0.3, 0.4) is 0 Å². The largest absolute Gasteiger partial charge is 0.444 e. The fourth-order valence-corrected chi connectivity index (χ4v) is 2.98. The molecule has 4 N–H and O–H groups in total. The SMILES string of the molecule is CC(C)(C)OC(=O)N1Cc2c(Nc3cccc(N)c3)n[nH]c2C1(C)C.CC(C)=O. The topological polar surface area (TPSA) is 113 Å². The summed E-state index contributed by atoms with van der Waals surface area (Å²) in [7, 11) is 0. The molecule has 1 aromatic carbocycles. The Bertz CT molecular complexity index is 892. The summed E-state index contributed by atoms with van der Waals surface area (Å²) in [6.07, 6.45) is -0.336. The van der Waals surface area contributed by atoms with E-state index in [1.807, 2.05) is 58.9 Å². The quantitative estimate of drug-likeness (QED) is 0.646. The van der Waals surface area contributed by atoms with Crippen molar-refractivity contribution in [2.75, 3.05) is 11.1 Å². The molecule has 0 bridgehead atoms. The van der Waals surface area contributed by atoms with Gasteiger partial charge in [-0.05, 0) is 66.7 Å². The predicted molar refractivity (Wildman–Crippen MR) is 114 cm³/mol.